The summed E-state index contributed by atoms with van der Waals surface area (Å²) >= 11 is 0. The van der Waals surface area contributed by atoms with Gasteiger partial charge in [-0.15, -0.1) is 12.4 Å². The number of rotatable bonds is 4. The molecule has 7 heteroatoms. The number of hydrogen-bond acceptors (Lipinski definition) is 4. The first kappa shape index (κ1) is 16.4. The Morgan fingerprint density at radius 1 is 1.55 bits per heavy atom. The first-order valence-corrected chi connectivity index (χ1v) is 6.39. The highest BCUT2D eigenvalue weighted by Crippen LogP contribution is 2.32. The van der Waals surface area contributed by atoms with Crippen LogP contribution < -0.4 is 10.6 Å². The van der Waals surface area contributed by atoms with Crippen molar-refractivity contribution in [1.82, 2.24) is 0 Å². The molecule has 0 spiro atoms. The number of amides is 1. The molecule has 1 aromatic carbocycles. The Kier molecular flexibility index (Phi) is 5.47. The van der Waals surface area contributed by atoms with Crippen LogP contribution in [0.25, 0.3) is 0 Å². The van der Waals surface area contributed by atoms with E-state index in [2.05, 4.69) is 0 Å². The van der Waals surface area contributed by atoms with E-state index in [9.17, 15) is 14.9 Å². The molecule has 20 heavy (non-hydrogen) atoms. The third-order valence-corrected chi connectivity index (χ3v) is 3.36. The van der Waals surface area contributed by atoms with Crippen LogP contribution in [-0.4, -0.2) is 23.4 Å². The summed E-state index contributed by atoms with van der Waals surface area (Å²) in [6.07, 6.45) is 2.18. The van der Waals surface area contributed by atoms with E-state index in [1.165, 1.54) is 12.1 Å². The Balaban J connectivity index is 0.00000200. The normalized spacial score (nSPS) is 14.4. The highest BCUT2D eigenvalue weighted by atomic mass is 35.5. The van der Waals surface area contributed by atoms with E-state index < -0.39 is 11.0 Å². The van der Waals surface area contributed by atoms with Crippen molar-refractivity contribution in [1.29, 1.82) is 0 Å². The minimum absolute atomic E-state index is 0. The molecule has 1 amide bonds. The predicted octanol–water partition coefficient (Wildman–Crippen LogP) is 2.03. The minimum atomic E-state index is -0.532. The summed E-state index contributed by atoms with van der Waals surface area (Å²) < 4.78 is 0. The van der Waals surface area contributed by atoms with Gasteiger partial charge in [-0.05, 0) is 18.4 Å². The summed E-state index contributed by atoms with van der Waals surface area (Å²) in [4.78, 5) is 24.1. The van der Waals surface area contributed by atoms with Gasteiger partial charge in [0.05, 0.1) is 16.7 Å². The van der Waals surface area contributed by atoms with E-state index >= 15 is 0 Å². The van der Waals surface area contributed by atoms with Crippen molar-refractivity contribution in [2.45, 2.75) is 32.2 Å². The molecule has 6 nitrogen and oxygen atoms in total. The van der Waals surface area contributed by atoms with Gasteiger partial charge in [-0.2, -0.15) is 0 Å². The lowest BCUT2D eigenvalue weighted by Crippen LogP contribution is -2.43. The molecule has 2 rings (SSSR count). The van der Waals surface area contributed by atoms with Crippen LogP contribution >= 0.6 is 12.4 Å². The molecule has 1 atom stereocenters. The number of non-ortho nitro benzene ring substituents is 1. The van der Waals surface area contributed by atoms with E-state index in [1.807, 2.05) is 6.92 Å². The maximum Gasteiger partial charge on any atom is 0.271 e. The zero-order chi connectivity index (χ0) is 14.0. The molecule has 0 bridgehead atoms. The van der Waals surface area contributed by atoms with Gasteiger partial charge >= 0.3 is 0 Å². The van der Waals surface area contributed by atoms with E-state index in [4.69, 9.17) is 5.73 Å². The molecule has 1 aliphatic rings. The topological polar surface area (TPSA) is 89.5 Å². The second kappa shape index (κ2) is 6.67. The van der Waals surface area contributed by atoms with Crippen LogP contribution in [-0.2, 0) is 11.2 Å². The largest absolute Gasteiger partial charge is 0.320 e. The summed E-state index contributed by atoms with van der Waals surface area (Å²) in [6.45, 7) is 2.52. The molecule has 1 aliphatic heterocycles. The summed E-state index contributed by atoms with van der Waals surface area (Å²) in [5.41, 5.74) is 7.43. The number of nitrogens with zero attached hydrogens (tertiary/aromatic N) is 2. The number of carbonyl (C=O) groups excluding carboxylic acids is 1. The molecular formula is C13H18ClN3O3. The number of nitrogens with two attached hydrogens (primary N) is 1. The fraction of sp³-hybridized carbons (Fsp3) is 0.462. The monoisotopic (exact) mass is 299 g/mol. The van der Waals surface area contributed by atoms with Crippen LogP contribution in [0, 0.1) is 10.1 Å². The molecule has 0 fully saturated rings. The maximum atomic E-state index is 12.2. The van der Waals surface area contributed by atoms with Gasteiger partial charge in [0.1, 0.15) is 0 Å². The molecule has 0 radical (unpaired) electrons. The van der Waals surface area contributed by atoms with Gasteiger partial charge < -0.3 is 10.6 Å². The van der Waals surface area contributed by atoms with Gasteiger partial charge in [-0.3, -0.25) is 14.9 Å². The van der Waals surface area contributed by atoms with Crippen molar-refractivity contribution in [3.8, 4) is 0 Å². The van der Waals surface area contributed by atoms with Gasteiger partial charge in [0.25, 0.3) is 5.69 Å². The Hall–Kier alpha value is -1.66. The van der Waals surface area contributed by atoms with Gasteiger partial charge in [0.2, 0.25) is 5.91 Å². The Morgan fingerprint density at radius 2 is 2.25 bits per heavy atom. The SMILES string of the molecule is CCCC(N)C(=O)N1CCc2ccc([N+](=O)[O-])cc21.Cl. The number of anilines is 1. The number of carbonyl (C=O) groups is 1. The van der Waals surface area contributed by atoms with Crippen LogP contribution in [0.2, 0.25) is 0 Å². The molecule has 1 heterocycles. The average molecular weight is 300 g/mol. The zero-order valence-corrected chi connectivity index (χ0v) is 12.1. The standard InChI is InChI=1S/C13H17N3O3.ClH/c1-2-3-11(14)13(17)15-7-6-9-4-5-10(16(18)19)8-12(9)15;/h4-5,8,11H,2-3,6-7,14H2,1H3;1H. The molecule has 0 aliphatic carbocycles. The van der Waals surface area contributed by atoms with Crippen LogP contribution in [0.15, 0.2) is 18.2 Å². The van der Waals surface area contributed by atoms with Crippen molar-refractivity contribution in [3.05, 3.63) is 33.9 Å². The number of nitro benzene ring substituents is 1. The summed E-state index contributed by atoms with van der Waals surface area (Å²) in [5.74, 6) is -0.152. The van der Waals surface area contributed by atoms with Crippen molar-refractivity contribution < 1.29 is 9.72 Å². The first-order chi connectivity index (χ1) is 9.04. The fourth-order valence-corrected chi connectivity index (χ4v) is 2.34. The number of hydrogen-bond donors (Lipinski definition) is 1. The van der Waals surface area contributed by atoms with Crippen LogP contribution in [0.1, 0.15) is 25.3 Å². The second-order valence-electron chi connectivity index (χ2n) is 4.71. The van der Waals surface area contributed by atoms with E-state index in [-0.39, 0.29) is 24.0 Å². The van der Waals surface area contributed by atoms with Gasteiger partial charge in [0.15, 0.2) is 0 Å². The minimum Gasteiger partial charge on any atom is -0.320 e. The Morgan fingerprint density at radius 3 is 2.85 bits per heavy atom. The molecule has 0 saturated carbocycles. The lowest BCUT2D eigenvalue weighted by atomic mass is 10.1. The number of fused-ring (bicyclic) bond motifs is 1. The summed E-state index contributed by atoms with van der Waals surface area (Å²) in [6, 6.07) is 4.11. The van der Waals surface area contributed by atoms with Crippen LogP contribution in [0.4, 0.5) is 11.4 Å². The zero-order valence-electron chi connectivity index (χ0n) is 11.2. The molecule has 0 saturated heterocycles. The van der Waals surface area contributed by atoms with Gasteiger partial charge in [-0.25, -0.2) is 0 Å². The highest BCUT2D eigenvalue weighted by molar-refractivity contribution is 5.99. The number of nitro groups is 1. The van der Waals surface area contributed by atoms with E-state index in [0.717, 1.165) is 18.4 Å². The summed E-state index contributed by atoms with van der Waals surface area (Å²) in [7, 11) is 0. The molecular weight excluding hydrogens is 282 g/mol. The van der Waals surface area contributed by atoms with E-state index in [0.29, 0.717) is 18.7 Å². The van der Waals surface area contributed by atoms with Gasteiger partial charge in [0, 0.05) is 18.7 Å². The first-order valence-electron chi connectivity index (χ1n) is 6.39. The van der Waals surface area contributed by atoms with Crippen LogP contribution in [0.5, 0.6) is 0 Å². The molecule has 110 valence electrons. The lowest BCUT2D eigenvalue weighted by molar-refractivity contribution is -0.384. The second-order valence-corrected chi connectivity index (χ2v) is 4.71. The molecule has 1 unspecified atom stereocenters. The van der Waals surface area contributed by atoms with Crippen molar-refractivity contribution >= 4 is 29.7 Å². The average Bonchev–Trinajstić information content (AvgIpc) is 2.80. The third kappa shape index (κ3) is 3.08. The number of benzene rings is 1. The third-order valence-electron chi connectivity index (χ3n) is 3.36. The van der Waals surface area contributed by atoms with Crippen molar-refractivity contribution in [2.24, 2.45) is 5.73 Å². The van der Waals surface area contributed by atoms with E-state index in [1.54, 1.807) is 11.0 Å². The molecule has 2 N–H and O–H groups in total. The van der Waals surface area contributed by atoms with Crippen molar-refractivity contribution in [2.75, 3.05) is 11.4 Å². The van der Waals surface area contributed by atoms with Crippen LogP contribution in [0.3, 0.4) is 0 Å². The lowest BCUT2D eigenvalue weighted by Gasteiger charge is -2.21. The maximum absolute atomic E-state index is 12.2. The number of halogens is 1. The highest BCUT2D eigenvalue weighted by Gasteiger charge is 2.29. The smallest absolute Gasteiger partial charge is 0.271 e. The van der Waals surface area contributed by atoms with Gasteiger partial charge in [-0.1, -0.05) is 19.4 Å². The molecule has 0 aromatic heterocycles. The predicted molar refractivity (Wildman–Crippen MR) is 79.3 cm³/mol. The Labute approximate surface area is 123 Å². The summed E-state index contributed by atoms with van der Waals surface area (Å²) in [5, 5.41) is 10.8. The van der Waals surface area contributed by atoms with Crippen molar-refractivity contribution in [3.63, 3.8) is 0 Å². The quantitative estimate of drug-likeness (QED) is 0.680. The fourth-order valence-electron chi connectivity index (χ4n) is 2.34. The molecule has 1 aromatic rings. The Bertz CT molecular complexity index is 522.